The molecule has 82 valence electrons. The molecule has 0 spiro atoms. The number of nitrogens with two attached hydrogens (primary N) is 1. The molecule has 3 N–H and O–H groups in total. The normalized spacial score (nSPS) is 17.7. The average Bonchev–Trinajstić information content (AvgIpc) is 2.25. The van der Waals surface area contributed by atoms with E-state index in [9.17, 15) is 0 Å². The Labute approximate surface area is 95.0 Å². The molecule has 0 bridgehead atoms. The van der Waals surface area contributed by atoms with E-state index < -0.39 is 0 Å². The maximum Gasteiger partial charge on any atom is 0.151 e. The molecular weight excluding hydrogens is 210 g/mol. The van der Waals surface area contributed by atoms with E-state index in [2.05, 4.69) is 10.3 Å². The monoisotopic (exact) mass is 225 g/mol. The van der Waals surface area contributed by atoms with E-state index in [0.29, 0.717) is 16.9 Å². The van der Waals surface area contributed by atoms with Gasteiger partial charge in [-0.25, -0.2) is 4.98 Å². The van der Waals surface area contributed by atoms with E-state index in [1.807, 2.05) is 0 Å². The minimum atomic E-state index is 0.488. The van der Waals surface area contributed by atoms with Crippen molar-refractivity contribution in [2.45, 2.75) is 38.1 Å². The quantitative estimate of drug-likeness (QED) is 0.761. The molecule has 1 aliphatic rings. The van der Waals surface area contributed by atoms with Crippen LogP contribution in [0.2, 0.25) is 5.15 Å². The number of nitrogen functional groups attached to an aromatic ring is 1. The van der Waals surface area contributed by atoms with Gasteiger partial charge in [0.15, 0.2) is 5.82 Å². The highest BCUT2D eigenvalue weighted by Crippen LogP contribution is 2.24. The predicted octanol–water partition coefficient (Wildman–Crippen LogP) is 3.06. The van der Waals surface area contributed by atoms with Gasteiger partial charge in [0, 0.05) is 6.04 Å². The van der Waals surface area contributed by atoms with E-state index in [0.717, 1.165) is 5.82 Å². The van der Waals surface area contributed by atoms with Gasteiger partial charge in [0.2, 0.25) is 0 Å². The second-order valence-electron chi connectivity index (χ2n) is 4.05. The lowest BCUT2D eigenvalue weighted by molar-refractivity contribution is 0.462. The maximum atomic E-state index is 5.83. The average molecular weight is 226 g/mol. The second kappa shape index (κ2) is 4.71. The lowest BCUT2D eigenvalue weighted by Crippen LogP contribution is -2.23. The Morgan fingerprint density at radius 2 is 2.00 bits per heavy atom. The Morgan fingerprint density at radius 1 is 1.27 bits per heavy atom. The summed E-state index contributed by atoms with van der Waals surface area (Å²) in [6.07, 6.45) is 6.33. The summed E-state index contributed by atoms with van der Waals surface area (Å²) in [5, 5.41) is 3.86. The molecule has 3 nitrogen and oxygen atoms in total. The molecule has 1 aromatic heterocycles. The summed E-state index contributed by atoms with van der Waals surface area (Å²) in [6, 6.07) is 4.01. The number of nitrogens with one attached hydrogen (secondary N) is 1. The molecule has 1 aliphatic carbocycles. The third-order valence-corrected chi connectivity index (χ3v) is 3.05. The van der Waals surface area contributed by atoms with Crippen molar-refractivity contribution in [3.8, 4) is 0 Å². The number of hydrogen-bond acceptors (Lipinski definition) is 3. The first-order valence-corrected chi connectivity index (χ1v) is 5.82. The zero-order chi connectivity index (χ0) is 10.7. The molecular formula is C11H16ClN3. The van der Waals surface area contributed by atoms with Gasteiger partial charge in [-0.3, -0.25) is 0 Å². The van der Waals surface area contributed by atoms with Gasteiger partial charge < -0.3 is 11.1 Å². The fraction of sp³-hybridized carbons (Fsp3) is 0.545. The number of hydrogen-bond donors (Lipinski definition) is 2. The molecule has 15 heavy (non-hydrogen) atoms. The van der Waals surface area contributed by atoms with Crippen LogP contribution in [0.3, 0.4) is 0 Å². The highest BCUT2D eigenvalue weighted by atomic mass is 35.5. The Hall–Kier alpha value is -0.960. The van der Waals surface area contributed by atoms with Crippen molar-refractivity contribution < 1.29 is 0 Å². The molecule has 0 atom stereocenters. The Morgan fingerprint density at radius 3 is 2.73 bits per heavy atom. The molecule has 0 radical (unpaired) electrons. The molecule has 0 amide bonds. The van der Waals surface area contributed by atoms with Gasteiger partial charge in [0.25, 0.3) is 0 Å². The fourth-order valence-electron chi connectivity index (χ4n) is 2.00. The van der Waals surface area contributed by atoms with Gasteiger partial charge in [0.1, 0.15) is 5.15 Å². The number of aromatic nitrogens is 1. The second-order valence-corrected chi connectivity index (χ2v) is 4.44. The minimum absolute atomic E-state index is 0.488. The van der Waals surface area contributed by atoms with Gasteiger partial charge in [0.05, 0.1) is 5.69 Å². The van der Waals surface area contributed by atoms with Crippen molar-refractivity contribution in [2.24, 2.45) is 0 Å². The largest absolute Gasteiger partial charge is 0.396 e. The summed E-state index contributed by atoms with van der Waals surface area (Å²) >= 11 is 5.83. The number of rotatable bonds is 2. The lowest BCUT2D eigenvalue weighted by Gasteiger charge is -2.23. The molecule has 1 saturated carbocycles. The van der Waals surface area contributed by atoms with Crippen LogP contribution in [0.1, 0.15) is 32.1 Å². The molecule has 4 heteroatoms. The molecule has 1 heterocycles. The zero-order valence-electron chi connectivity index (χ0n) is 8.67. The van der Waals surface area contributed by atoms with Gasteiger partial charge >= 0.3 is 0 Å². The highest BCUT2D eigenvalue weighted by molar-refractivity contribution is 6.29. The van der Waals surface area contributed by atoms with Crippen LogP contribution in [-0.4, -0.2) is 11.0 Å². The van der Waals surface area contributed by atoms with Crippen molar-refractivity contribution in [3.63, 3.8) is 0 Å². The zero-order valence-corrected chi connectivity index (χ0v) is 9.43. The third-order valence-electron chi connectivity index (χ3n) is 2.84. The maximum absolute atomic E-state index is 5.83. The van der Waals surface area contributed by atoms with Crippen LogP contribution in [0, 0.1) is 0 Å². The van der Waals surface area contributed by atoms with Crippen LogP contribution >= 0.6 is 11.6 Å². The van der Waals surface area contributed by atoms with Crippen molar-refractivity contribution in [3.05, 3.63) is 17.3 Å². The van der Waals surface area contributed by atoms with E-state index in [-0.39, 0.29) is 0 Å². The standard InChI is InChI=1S/C11H16ClN3/c12-10-7-6-9(13)11(15-10)14-8-4-2-1-3-5-8/h6-8H,1-5,13H2,(H,14,15). The molecule has 0 unspecified atom stereocenters. The minimum Gasteiger partial charge on any atom is -0.396 e. The molecule has 0 aromatic carbocycles. The van der Waals surface area contributed by atoms with Crippen molar-refractivity contribution >= 4 is 23.1 Å². The summed E-state index contributed by atoms with van der Waals surface area (Å²) < 4.78 is 0. The summed E-state index contributed by atoms with van der Waals surface area (Å²) in [7, 11) is 0. The van der Waals surface area contributed by atoms with Crippen LogP contribution in [0.5, 0.6) is 0 Å². The first kappa shape index (κ1) is 10.6. The fourth-order valence-corrected chi connectivity index (χ4v) is 2.15. The van der Waals surface area contributed by atoms with Gasteiger partial charge in [-0.1, -0.05) is 30.9 Å². The molecule has 1 fully saturated rings. The lowest BCUT2D eigenvalue weighted by atomic mass is 9.95. The molecule has 0 aliphatic heterocycles. The van der Waals surface area contributed by atoms with Crippen molar-refractivity contribution in [2.75, 3.05) is 11.1 Å². The topological polar surface area (TPSA) is 50.9 Å². The first-order valence-electron chi connectivity index (χ1n) is 5.44. The number of halogens is 1. The number of pyridine rings is 1. The number of anilines is 2. The first-order chi connectivity index (χ1) is 7.25. The summed E-state index contributed by atoms with van der Waals surface area (Å²) in [5.41, 5.74) is 6.49. The predicted molar refractivity (Wildman–Crippen MR) is 64.2 cm³/mol. The highest BCUT2D eigenvalue weighted by Gasteiger charge is 2.14. The van der Waals surface area contributed by atoms with Crippen LogP contribution in [0.15, 0.2) is 12.1 Å². The van der Waals surface area contributed by atoms with Gasteiger partial charge in [-0.15, -0.1) is 0 Å². The van der Waals surface area contributed by atoms with Crippen molar-refractivity contribution in [1.29, 1.82) is 0 Å². The van der Waals surface area contributed by atoms with Crippen LogP contribution in [0.25, 0.3) is 0 Å². The van der Waals surface area contributed by atoms with Crippen molar-refractivity contribution in [1.82, 2.24) is 4.98 Å². The number of nitrogens with zero attached hydrogens (tertiary/aromatic N) is 1. The molecule has 0 saturated heterocycles. The van der Waals surface area contributed by atoms with Crippen LogP contribution < -0.4 is 11.1 Å². The van der Waals surface area contributed by atoms with E-state index in [1.165, 1.54) is 32.1 Å². The summed E-state index contributed by atoms with van der Waals surface area (Å²) in [4.78, 5) is 4.20. The Kier molecular flexibility index (Phi) is 3.31. The Bertz CT molecular complexity index is 335. The smallest absolute Gasteiger partial charge is 0.151 e. The Balaban J connectivity index is 2.05. The summed E-state index contributed by atoms with van der Waals surface area (Å²) in [6.45, 7) is 0. The van der Waals surface area contributed by atoms with E-state index in [1.54, 1.807) is 12.1 Å². The van der Waals surface area contributed by atoms with Crippen LogP contribution in [-0.2, 0) is 0 Å². The molecule has 1 aromatic rings. The third kappa shape index (κ3) is 2.75. The van der Waals surface area contributed by atoms with Crippen LogP contribution in [0.4, 0.5) is 11.5 Å². The van der Waals surface area contributed by atoms with E-state index in [4.69, 9.17) is 17.3 Å². The SMILES string of the molecule is Nc1ccc(Cl)nc1NC1CCCCC1. The van der Waals surface area contributed by atoms with Gasteiger partial charge in [-0.2, -0.15) is 0 Å². The van der Waals surface area contributed by atoms with E-state index >= 15 is 0 Å². The molecule has 2 rings (SSSR count). The summed E-state index contributed by atoms with van der Waals surface area (Å²) in [5.74, 6) is 0.731. The van der Waals surface area contributed by atoms with Gasteiger partial charge in [-0.05, 0) is 25.0 Å².